The SMILES string of the molecule is C.C.C.C.C.C.C.C.C.CN.N.N.N.N.N.N.N#N.NC(N)=O.O.O.O.O.O.O.O=C=O.O=O. The molecule has 0 saturated carbocycles. The summed E-state index contributed by atoms with van der Waals surface area (Å²) in [6.45, 7) is 0. The van der Waals surface area contributed by atoms with E-state index in [1.54, 1.807) is 0 Å². The minimum absolute atomic E-state index is 0. The fourth-order valence-electron chi connectivity index (χ4n) is 0. The van der Waals surface area contributed by atoms with Gasteiger partial charge in [0.15, 0.2) is 0 Å². The third kappa shape index (κ3) is 2840. The molecule has 0 aliphatic rings. The molecule has 0 saturated heterocycles. The van der Waals surface area contributed by atoms with Gasteiger partial charge in [-0.05, 0) is 7.05 Å². The topological polar surface area (TPSA) is 610 Å². The van der Waals surface area contributed by atoms with Gasteiger partial charge in [0.2, 0.25) is 0 Å². The van der Waals surface area contributed by atoms with Crippen LogP contribution in [-0.4, -0.2) is 52.1 Å². The first-order valence-corrected chi connectivity index (χ1v) is 2.13. The van der Waals surface area contributed by atoms with Gasteiger partial charge in [0.05, 0.1) is 0 Å². The lowest BCUT2D eigenvalue weighted by molar-refractivity contribution is -0.191. The third-order valence-electron chi connectivity index (χ3n) is 0. The number of rotatable bonds is 0. The summed E-state index contributed by atoms with van der Waals surface area (Å²) >= 11 is 0. The molecule has 0 bridgehead atoms. The summed E-state index contributed by atoms with van der Waals surface area (Å²) in [5.41, 5.74) is 13.0. The highest BCUT2D eigenvalue weighted by Crippen LogP contribution is 1.25. The highest BCUT2D eigenvalue weighted by atomic mass is 16.7. The van der Waals surface area contributed by atoms with Gasteiger partial charge >= 0.3 is 12.2 Å². The molecule has 0 aromatic carbocycles. The van der Waals surface area contributed by atoms with Gasteiger partial charge in [0.25, 0.3) is 0 Å². The van der Waals surface area contributed by atoms with Crippen molar-refractivity contribution in [3.63, 3.8) is 0 Å². The van der Waals surface area contributed by atoms with Gasteiger partial charge in [-0.25, -0.2) is 4.79 Å². The molecular formula is C12H75N11O11. The molecule has 22 nitrogen and oxygen atoms in total. The fraction of sp³-hybridized carbons (Fsp3) is 0.833. The molecule has 0 rings (SSSR count). The second-order valence-electron chi connectivity index (χ2n) is 0.486. The van der Waals surface area contributed by atoms with Crippen LogP contribution in [0.3, 0.4) is 0 Å². The molecular weight excluding hydrogens is 474 g/mol. The lowest BCUT2D eigenvalue weighted by atomic mass is 11.2. The second-order valence-corrected chi connectivity index (χ2v) is 0.486. The molecule has 2 amide bonds. The van der Waals surface area contributed by atoms with Crippen LogP contribution in [0.5, 0.6) is 0 Å². The number of urea groups is 1. The summed E-state index contributed by atoms with van der Waals surface area (Å²) in [7, 11) is 1.50. The van der Waals surface area contributed by atoms with Crippen molar-refractivity contribution in [3.8, 4) is 0 Å². The normalized spacial score (nSPS) is 1.29. The Labute approximate surface area is 209 Å². The van der Waals surface area contributed by atoms with Gasteiger partial charge in [-0.1, -0.05) is 66.8 Å². The molecule has 0 aliphatic carbocycles. The zero-order chi connectivity index (χ0) is 12.3. The number of carbonyl (C=O) groups excluding carboxylic acids is 3. The molecule has 0 fully saturated rings. The number of hydrogen-bond donors (Lipinski definition) is 9. The van der Waals surface area contributed by atoms with Crippen LogP contribution >= 0.6 is 0 Å². The Morgan fingerprint density at radius 2 is 0.500 bits per heavy atom. The molecule has 244 valence electrons. The smallest absolute Gasteiger partial charge is 0.373 e. The first-order valence-electron chi connectivity index (χ1n) is 2.13. The molecule has 0 aliphatic heterocycles. The quantitative estimate of drug-likeness (QED) is 0.177. The maximum absolute atomic E-state index is 9.00. The number of nitrogens with two attached hydrogens (primary N) is 3. The van der Waals surface area contributed by atoms with Gasteiger partial charge in [0.1, 0.15) is 0 Å². The van der Waals surface area contributed by atoms with Crippen molar-refractivity contribution in [2.24, 2.45) is 17.2 Å². The average molecular weight is 550 g/mol. The third-order valence-corrected chi connectivity index (χ3v) is 0. The predicted octanol–water partition coefficient (Wildman–Crippen LogP) is -0.139. The Bertz CT molecular complexity index is 159. The van der Waals surface area contributed by atoms with E-state index in [-0.39, 0.29) is 143 Å². The van der Waals surface area contributed by atoms with Gasteiger partial charge < -0.3 is 87.0 Å². The number of nitrogens with zero attached hydrogens (tertiary/aromatic N) is 2. The van der Waals surface area contributed by atoms with E-state index in [0.717, 1.165) is 0 Å². The average Bonchev–Trinajstić information content (AvgIpc) is 2.14. The van der Waals surface area contributed by atoms with Crippen LogP contribution in [0, 0.1) is 20.7 Å². The molecule has 22 heteroatoms. The molecule has 36 N–H and O–H groups in total. The lowest BCUT2D eigenvalue weighted by Gasteiger charge is -1.62. The van der Waals surface area contributed by atoms with E-state index >= 15 is 0 Å². The summed E-state index contributed by atoms with van der Waals surface area (Å²) in [6.07, 6.45) is 0.250. The van der Waals surface area contributed by atoms with Gasteiger partial charge in [-0.15, -0.1) is 0 Å². The molecule has 0 heterocycles. The first kappa shape index (κ1) is 1070. The van der Waals surface area contributed by atoms with E-state index in [2.05, 4.69) is 17.2 Å². The number of hydrogen-bond acceptors (Lipinski definition) is 14. The van der Waals surface area contributed by atoms with Crippen molar-refractivity contribution in [3.05, 3.63) is 9.93 Å². The van der Waals surface area contributed by atoms with E-state index in [1.165, 1.54) is 7.05 Å². The summed E-state index contributed by atoms with van der Waals surface area (Å²) in [5.74, 6) is 0. The molecule has 0 radical (unpaired) electrons. The largest absolute Gasteiger partial charge is 0.412 e. The Morgan fingerprint density at radius 3 is 0.500 bits per heavy atom. The van der Waals surface area contributed by atoms with Crippen LogP contribution in [0.2, 0.25) is 0 Å². The zero-order valence-electron chi connectivity index (χ0n) is 13.9. The number of primary amides is 2. The molecule has 0 atom stereocenters. The Hall–Kier alpha value is -2.85. The van der Waals surface area contributed by atoms with Gasteiger partial charge in [-0.3, -0.25) is 0 Å². The molecule has 0 aromatic heterocycles. The van der Waals surface area contributed by atoms with Crippen molar-refractivity contribution in [1.29, 1.82) is 10.8 Å². The Morgan fingerprint density at radius 1 is 0.500 bits per heavy atom. The van der Waals surface area contributed by atoms with E-state index < -0.39 is 6.03 Å². The predicted molar refractivity (Wildman–Crippen MR) is 151 cm³/mol. The van der Waals surface area contributed by atoms with Crippen LogP contribution in [0.25, 0.3) is 0 Å². The minimum atomic E-state index is -0.833. The van der Waals surface area contributed by atoms with Crippen LogP contribution < -0.4 is 54.1 Å². The van der Waals surface area contributed by atoms with E-state index in [9.17, 15) is 0 Å². The zero-order valence-corrected chi connectivity index (χ0v) is 13.9. The van der Waals surface area contributed by atoms with Crippen LogP contribution in [-0.2, 0) is 9.59 Å². The summed E-state index contributed by atoms with van der Waals surface area (Å²) in [4.78, 5) is 39.2. The molecule has 0 spiro atoms. The van der Waals surface area contributed by atoms with Crippen molar-refractivity contribution in [2.45, 2.75) is 66.8 Å². The standard InChI is InChI=1S/CH4N2O.CH5N.CO2.9CH4.N2.6H3N.O2.6H2O/c2-1(3)4;1-2;2-1-3;;;;;;;;;;1-2;;;;;;;1-2;;;;;;/h(H4,2,3,4);2H2,1H3;;9*1H4;;6*1H3;;6*1H2. The summed E-state index contributed by atoms with van der Waals surface area (Å²) in [5, 5.41) is 12.0. The van der Waals surface area contributed by atoms with Crippen molar-refractivity contribution >= 4 is 12.2 Å². The van der Waals surface area contributed by atoms with E-state index in [0.29, 0.717) is 0 Å². The Kier molecular flexibility index (Phi) is 608000. The molecule has 0 unspecified atom stereocenters. The number of carbonyl (C=O) groups is 1. The maximum atomic E-state index is 9.00. The van der Waals surface area contributed by atoms with Gasteiger partial charge in [-0.2, -0.15) is 9.59 Å². The van der Waals surface area contributed by atoms with E-state index in [1.807, 2.05) is 0 Å². The van der Waals surface area contributed by atoms with Crippen molar-refractivity contribution < 1.29 is 47.2 Å². The monoisotopic (exact) mass is 550 g/mol. The fourth-order valence-corrected chi connectivity index (χ4v) is 0. The maximum Gasteiger partial charge on any atom is 0.373 e. The van der Waals surface area contributed by atoms with Crippen molar-refractivity contribution in [2.75, 3.05) is 7.05 Å². The van der Waals surface area contributed by atoms with Crippen LogP contribution in [0.1, 0.15) is 66.8 Å². The van der Waals surface area contributed by atoms with Crippen LogP contribution in [0.4, 0.5) is 4.79 Å². The van der Waals surface area contributed by atoms with Gasteiger partial charge in [0, 0.05) is 20.7 Å². The minimum Gasteiger partial charge on any atom is -0.412 e. The highest BCUT2D eigenvalue weighted by molar-refractivity contribution is 5.69. The van der Waals surface area contributed by atoms with Crippen LogP contribution in [0.15, 0.2) is 0 Å². The van der Waals surface area contributed by atoms with E-state index in [4.69, 9.17) is 35.1 Å². The Balaban J connectivity index is -0.000000000861. The molecule has 0 aromatic rings. The highest BCUT2D eigenvalue weighted by Gasteiger charge is 1.60. The number of amides is 2. The molecule has 34 heavy (non-hydrogen) atoms. The summed E-state index contributed by atoms with van der Waals surface area (Å²) < 4.78 is 0. The first-order chi connectivity index (χ1) is 6.15. The summed E-state index contributed by atoms with van der Waals surface area (Å²) in [6, 6.07) is -0.833. The lowest BCUT2D eigenvalue weighted by Crippen LogP contribution is -2.18. The van der Waals surface area contributed by atoms with Crippen molar-refractivity contribution in [1.82, 2.24) is 36.9 Å². The second kappa shape index (κ2) is 19400.